The van der Waals surface area contributed by atoms with Crippen molar-refractivity contribution in [2.75, 3.05) is 11.9 Å². The van der Waals surface area contributed by atoms with E-state index in [4.69, 9.17) is 4.98 Å². The van der Waals surface area contributed by atoms with Gasteiger partial charge in [-0.1, -0.05) is 38.8 Å². The quantitative estimate of drug-likeness (QED) is 0.662. The maximum atomic E-state index is 9.72. The minimum Gasteiger partial charge on any atom is -0.371 e. The molecule has 0 spiro atoms. The second kappa shape index (κ2) is 6.92. The average Bonchev–Trinajstić information content (AvgIpc) is 2.97. The van der Waals surface area contributed by atoms with Crippen molar-refractivity contribution in [1.29, 1.82) is 5.26 Å². The van der Waals surface area contributed by atoms with Crippen molar-refractivity contribution in [3.05, 3.63) is 41.0 Å². The SMILES string of the molecule is CCCCNc1c(CCC)c(C)c(C#N)c2nc3ccccc3n12. The van der Waals surface area contributed by atoms with Crippen molar-refractivity contribution in [2.24, 2.45) is 0 Å². The van der Waals surface area contributed by atoms with Crippen LogP contribution in [0.3, 0.4) is 0 Å². The number of imidazole rings is 1. The number of nitrogens with one attached hydrogen (secondary N) is 1. The summed E-state index contributed by atoms with van der Waals surface area (Å²) in [5, 5.41) is 13.3. The fourth-order valence-corrected chi connectivity index (χ4v) is 3.31. The molecule has 0 atom stereocenters. The first-order valence-electron chi connectivity index (χ1n) is 8.79. The largest absolute Gasteiger partial charge is 0.371 e. The van der Waals surface area contributed by atoms with E-state index in [0.29, 0.717) is 5.56 Å². The van der Waals surface area contributed by atoms with Crippen molar-refractivity contribution in [1.82, 2.24) is 9.38 Å². The van der Waals surface area contributed by atoms with Gasteiger partial charge in [0.15, 0.2) is 5.65 Å². The third kappa shape index (κ3) is 2.60. The van der Waals surface area contributed by atoms with Crippen molar-refractivity contribution in [3.8, 4) is 6.07 Å². The molecule has 3 aromatic rings. The molecule has 4 nitrogen and oxygen atoms in total. The molecule has 4 heteroatoms. The number of anilines is 1. The molecule has 24 heavy (non-hydrogen) atoms. The van der Waals surface area contributed by atoms with Gasteiger partial charge in [-0.3, -0.25) is 4.40 Å². The van der Waals surface area contributed by atoms with Crippen LogP contribution in [0.15, 0.2) is 24.3 Å². The lowest BCUT2D eigenvalue weighted by atomic mass is 10.0. The zero-order valence-electron chi connectivity index (χ0n) is 14.7. The minimum atomic E-state index is 0.690. The summed E-state index contributed by atoms with van der Waals surface area (Å²) >= 11 is 0. The molecule has 0 aliphatic rings. The lowest BCUT2D eigenvalue weighted by molar-refractivity contribution is 0.822. The number of para-hydroxylation sites is 2. The fourth-order valence-electron chi connectivity index (χ4n) is 3.31. The van der Waals surface area contributed by atoms with Gasteiger partial charge in [0.2, 0.25) is 0 Å². The third-order valence-corrected chi connectivity index (χ3v) is 4.56. The van der Waals surface area contributed by atoms with Crippen molar-refractivity contribution >= 4 is 22.5 Å². The van der Waals surface area contributed by atoms with Gasteiger partial charge in [0.05, 0.1) is 16.6 Å². The van der Waals surface area contributed by atoms with E-state index in [9.17, 15) is 5.26 Å². The van der Waals surface area contributed by atoms with Gasteiger partial charge in [-0.15, -0.1) is 0 Å². The summed E-state index contributed by atoms with van der Waals surface area (Å²) < 4.78 is 2.14. The van der Waals surface area contributed by atoms with Crippen LogP contribution in [0.4, 0.5) is 5.82 Å². The summed E-state index contributed by atoms with van der Waals surface area (Å²) in [6.45, 7) is 7.35. The molecule has 124 valence electrons. The van der Waals surface area contributed by atoms with E-state index < -0.39 is 0 Å². The third-order valence-electron chi connectivity index (χ3n) is 4.56. The van der Waals surface area contributed by atoms with Crippen molar-refractivity contribution in [3.63, 3.8) is 0 Å². The molecule has 0 aliphatic heterocycles. The molecule has 2 aromatic heterocycles. The highest BCUT2D eigenvalue weighted by atomic mass is 15.1. The molecular formula is C20H24N4. The van der Waals surface area contributed by atoms with Crippen LogP contribution in [-0.4, -0.2) is 15.9 Å². The van der Waals surface area contributed by atoms with Crippen molar-refractivity contribution < 1.29 is 0 Å². The molecular weight excluding hydrogens is 296 g/mol. The first-order valence-corrected chi connectivity index (χ1v) is 8.79. The smallest absolute Gasteiger partial charge is 0.157 e. The van der Waals surface area contributed by atoms with Gasteiger partial charge >= 0.3 is 0 Å². The highest BCUT2D eigenvalue weighted by molar-refractivity contribution is 5.86. The highest BCUT2D eigenvalue weighted by Gasteiger charge is 2.19. The predicted octanol–water partition coefficient (Wildman–Crippen LogP) is 4.83. The molecule has 1 N–H and O–H groups in total. The van der Waals surface area contributed by atoms with Gasteiger partial charge in [-0.25, -0.2) is 4.98 Å². The van der Waals surface area contributed by atoms with E-state index in [2.05, 4.69) is 35.7 Å². The Bertz CT molecular complexity index is 915. The lowest BCUT2D eigenvalue weighted by Gasteiger charge is -2.18. The van der Waals surface area contributed by atoms with Crippen LogP contribution in [0.25, 0.3) is 16.7 Å². The van der Waals surface area contributed by atoms with Crippen LogP contribution in [0, 0.1) is 18.3 Å². The summed E-state index contributed by atoms with van der Waals surface area (Å²) in [4.78, 5) is 4.74. The van der Waals surface area contributed by atoms with E-state index in [-0.39, 0.29) is 0 Å². The normalized spacial score (nSPS) is 11.1. The maximum absolute atomic E-state index is 9.72. The molecule has 0 aliphatic carbocycles. The molecule has 1 aromatic carbocycles. The number of fused-ring (bicyclic) bond motifs is 3. The Morgan fingerprint density at radius 3 is 2.71 bits per heavy atom. The summed E-state index contributed by atoms with van der Waals surface area (Å²) in [5.74, 6) is 1.10. The molecule has 2 heterocycles. The summed E-state index contributed by atoms with van der Waals surface area (Å²) in [6, 6.07) is 10.5. The zero-order valence-corrected chi connectivity index (χ0v) is 14.7. The second-order valence-electron chi connectivity index (χ2n) is 6.23. The molecule has 0 unspecified atom stereocenters. The minimum absolute atomic E-state index is 0.690. The van der Waals surface area contributed by atoms with Gasteiger partial charge in [0.25, 0.3) is 0 Å². The van der Waals surface area contributed by atoms with Crippen molar-refractivity contribution in [2.45, 2.75) is 46.5 Å². The second-order valence-corrected chi connectivity index (χ2v) is 6.23. The lowest BCUT2D eigenvalue weighted by Crippen LogP contribution is -2.12. The van der Waals surface area contributed by atoms with Crippen LogP contribution >= 0.6 is 0 Å². The number of nitrogens with zero attached hydrogens (tertiary/aromatic N) is 3. The van der Waals surface area contributed by atoms with Crippen LogP contribution in [0.2, 0.25) is 0 Å². The summed E-state index contributed by atoms with van der Waals surface area (Å²) in [7, 11) is 0. The first kappa shape index (κ1) is 16.3. The fraction of sp³-hybridized carbons (Fsp3) is 0.400. The van der Waals surface area contributed by atoms with Gasteiger partial charge in [-0.2, -0.15) is 5.26 Å². The average molecular weight is 320 g/mol. The van der Waals surface area contributed by atoms with E-state index >= 15 is 0 Å². The summed E-state index contributed by atoms with van der Waals surface area (Å²) in [5.41, 5.74) is 5.73. The molecule has 3 rings (SSSR count). The monoisotopic (exact) mass is 320 g/mol. The highest BCUT2D eigenvalue weighted by Crippen LogP contribution is 2.31. The Hall–Kier alpha value is -2.54. The molecule has 0 fully saturated rings. The molecule has 0 saturated carbocycles. The standard InChI is InChI=1S/C20H24N4/c1-4-6-12-22-19-15(9-5-2)14(3)16(13-21)20-23-17-10-7-8-11-18(17)24(19)20/h7-8,10-11,22H,4-6,9,12H2,1-3H3. The van der Waals surface area contributed by atoms with Crippen LogP contribution < -0.4 is 5.32 Å². The number of unbranched alkanes of at least 4 members (excludes halogenated alkanes) is 1. The number of rotatable bonds is 6. The van der Waals surface area contributed by atoms with Crippen LogP contribution in [0.5, 0.6) is 0 Å². The molecule has 0 radical (unpaired) electrons. The van der Waals surface area contributed by atoms with E-state index in [0.717, 1.165) is 60.3 Å². The Balaban J connectivity index is 2.37. The number of nitriles is 1. The Kier molecular flexibility index (Phi) is 4.71. The molecule has 0 saturated heterocycles. The van der Waals surface area contributed by atoms with Gasteiger partial charge < -0.3 is 5.32 Å². The van der Waals surface area contributed by atoms with Crippen LogP contribution in [-0.2, 0) is 6.42 Å². The number of hydrogen-bond acceptors (Lipinski definition) is 3. The van der Waals surface area contributed by atoms with Crippen LogP contribution in [0.1, 0.15) is 49.8 Å². The number of hydrogen-bond donors (Lipinski definition) is 1. The van der Waals surface area contributed by atoms with E-state index in [1.807, 2.05) is 25.1 Å². The Labute approximate surface area is 143 Å². The zero-order chi connectivity index (χ0) is 17.1. The molecule has 0 amide bonds. The maximum Gasteiger partial charge on any atom is 0.157 e. The number of benzene rings is 1. The summed E-state index contributed by atoms with van der Waals surface area (Å²) in [6.07, 6.45) is 4.28. The topological polar surface area (TPSA) is 53.1 Å². The predicted molar refractivity (Wildman–Crippen MR) is 99.5 cm³/mol. The van der Waals surface area contributed by atoms with Gasteiger partial charge in [-0.05, 0) is 43.0 Å². The van der Waals surface area contributed by atoms with E-state index in [1.165, 1.54) is 5.56 Å². The van der Waals surface area contributed by atoms with E-state index in [1.54, 1.807) is 0 Å². The first-order chi connectivity index (χ1) is 11.7. The van der Waals surface area contributed by atoms with Gasteiger partial charge in [0.1, 0.15) is 11.9 Å². The van der Waals surface area contributed by atoms with Gasteiger partial charge in [0, 0.05) is 6.54 Å². The Morgan fingerprint density at radius 1 is 1.21 bits per heavy atom. The Morgan fingerprint density at radius 2 is 2.00 bits per heavy atom. The molecule has 0 bridgehead atoms. The number of pyridine rings is 1. The number of aromatic nitrogens is 2.